The molecule has 0 spiro atoms. The van der Waals surface area contributed by atoms with Gasteiger partial charge in [-0.2, -0.15) is 5.26 Å². The monoisotopic (exact) mass is 499 g/mol. The molecule has 1 amide bonds. The van der Waals surface area contributed by atoms with E-state index >= 15 is 0 Å². The highest BCUT2D eigenvalue weighted by atomic mass is 32.2. The summed E-state index contributed by atoms with van der Waals surface area (Å²) in [5.41, 5.74) is 6.00. The van der Waals surface area contributed by atoms with E-state index in [2.05, 4.69) is 46.2 Å². The number of amides is 1. The van der Waals surface area contributed by atoms with Crippen molar-refractivity contribution < 1.29 is 4.79 Å². The summed E-state index contributed by atoms with van der Waals surface area (Å²) in [6.07, 6.45) is 6.78. The van der Waals surface area contributed by atoms with Crippen LogP contribution < -0.4 is 9.62 Å². The fraction of sp³-hybridized carbons (Fsp3) is 0.483. The standard InChI is InChI=1S/C29H33N5OS/c1-3-36-32-23-6-4-5-22(15-23)26-18(2)24(16-30)28(31-27(26)20-9-10-20)33-13-14-34(29(35)21-11-12-21)25(17-33)19-7-8-19/h3-6,15,19-21,25,32H,1,7-14,17H2,2H3. The van der Waals surface area contributed by atoms with Crippen LogP contribution >= 0.6 is 11.9 Å². The first kappa shape index (κ1) is 23.4. The third-order valence-electron chi connectivity index (χ3n) is 8.04. The Balaban J connectivity index is 1.36. The van der Waals surface area contributed by atoms with E-state index in [0.29, 0.717) is 23.3 Å². The molecule has 1 aromatic carbocycles. The zero-order chi connectivity index (χ0) is 24.8. The van der Waals surface area contributed by atoms with Crippen LogP contribution in [0.3, 0.4) is 0 Å². The molecule has 0 radical (unpaired) electrons. The van der Waals surface area contributed by atoms with Crippen LogP contribution in [0.4, 0.5) is 11.5 Å². The summed E-state index contributed by atoms with van der Waals surface area (Å²) in [7, 11) is 0. The van der Waals surface area contributed by atoms with Crippen LogP contribution in [0.15, 0.2) is 36.3 Å². The average molecular weight is 500 g/mol. The first-order chi connectivity index (χ1) is 17.6. The Morgan fingerprint density at radius 3 is 2.69 bits per heavy atom. The van der Waals surface area contributed by atoms with Crippen molar-refractivity contribution in [3.8, 4) is 17.2 Å². The number of nitrogens with zero attached hydrogens (tertiary/aromatic N) is 4. The second-order valence-corrected chi connectivity index (χ2v) is 11.5. The van der Waals surface area contributed by atoms with Crippen molar-refractivity contribution >= 4 is 29.4 Å². The average Bonchev–Trinajstić information content (AvgIpc) is 3.74. The molecular formula is C29H33N5OS. The number of carbonyl (C=O) groups excluding carboxylic acids is 1. The number of carbonyl (C=O) groups is 1. The van der Waals surface area contributed by atoms with E-state index < -0.39 is 0 Å². The van der Waals surface area contributed by atoms with Gasteiger partial charge < -0.3 is 14.5 Å². The van der Waals surface area contributed by atoms with Gasteiger partial charge in [-0.05, 0) is 92.0 Å². The third-order valence-corrected chi connectivity index (χ3v) is 8.56. The lowest BCUT2D eigenvalue weighted by atomic mass is 9.93. The number of aromatic nitrogens is 1. The van der Waals surface area contributed by atoms with Crippen molar-refractivity contribution in [1.82, 2.24) is 9.88 Å². The van der Waals surface area contributed by atoms with E-state index in [-0.39, 0.29) is 12.0 Å². The minimum absolute atomic E-state index is 0.245. The van der Waals surface area contributed by atoms with Crippen LogP contribution in [0.1, 0.15) is 61.3 Å². The molecule has 1 aliphatic heterocycles. The van der Waals surface area contributed by atoms with Crippen molar-refractivity contribution in [2.45, 2.75) is 57.4 Å². The summed E-state index contributed by atoms with van der Waals surface area (Å²) in [5.74, 6) is 2.47. The number of pyridine rings is 1. The maximum Gasteiger partial charge on any atom is 0.226 e. The number of rotatable bonds is 8. The molecule has 2 heterocycles. The van der Waals surface area contributed by atoms with Crippen molar-refractivity contribution in [2.24, 2.45) is 11.8 Å². The van der Waals surface area contributed by atoms with Crippen LogP contribution in [-0.4, -0.2) is 41.5 Å². The molecule has 3 saturated carbocycles. The van der Waals surface area contributed by atoms with Crippen LogP contribution in [0, 0.1) is 30.1 Å². The van der Waals surface area contributed by atoms with Crippen LogP contribution in [0.5, 0.6) is 0 Å². The molecule has 1 aromatic heterocycles. The molecule has 7 heteroatoms. The number of hydrogen-bond acceptors (Lipinski definition) is 6. The summed E-state index contributed by atoms with van der Waals surface area (Å²) >= 11 is 1.45. The van der Waals surface area contributed by atoms with E-state index in [1.54, 1.807) is 5.41 Å². The summed E-state index contributed by atoms with van der Waals surface area (Å²) in [4.78, 5) is 22.7. The van der Waals surface area contributed by atoms with Gasteiger partial charge in [0.15, 0.2) is 0 Å². The summed E-state index contributed by atoms with van der Waals surface area (Å²) in [6.45, 7) is 8.10. The largest absolute Gasteiger partial charge is 0.352 e. The Morgan fingerprint density at radius 1 is 1.22 bits per heavy atom. The quantitative estimate of drug-likeness (QED) is 0.460. The lowest BCUT2D eigenvalue weighted by Gasteiger charge is -2.43. The minimum Gasteiger partial charge on any atom is -0.352 e. The Hall–Kier alpha value is -2.98. The van der Waals surface area contributed by atoms with E-state index in [1.165, 1.54) is 24.8 Å². The molecule has 1 saturated heterocycles. The molecule has 0 bridgehead atoms. The van der Waals surface area contributed by atoms with Gasteiger partial charge in [0.1, 0.15) is 11.9 Å². The highest BCUT2D eigenvalue weighted by Crippen LogP contribution is 2.47. The number of nitrogens with one attached hydrogen (secondary N) is 1. The predicted molar refractivity (Wildman–Crippen MR) is 146 cm³/mol. The van der Waals surface area contributed by atoms with Gasteiger partial charge >= 0.3 is 0 Å². The topological polar surface area (TPSA) is 72.3 Å². The molecule has 1 unspecified atom stereocenters. The molecule has 1 N–H and O–H groups in total. The van der Waals surface area contributed by atoms with Crippen LogP contribution in [0.25, 0.3) is 11.1 Å². The zero-order valence-electron chi connectivity index (χ0n) is 20.9. The molecule has 2 aromatic rings. The normalized spacial score (nSPS) is 21.7. The van der Waals surface area contributed by atoms with Crippen molar-refractivity contribution in [2.75, 3.05) is 29.3 Å². The highest BCUT2D eigenvalue weighted by Gasteiger charge is 2.45. The first-order valence-corrected chi connectivity index (χ1v) is 14.1. The van der Waals surface area contributed by atoms with E-state index in [1.807, 2.05) is 12.1 Å². The van der Waals surface area contributed by atoms with Gasteiger partial charge in [0.25, 0.3) is 0 Å². The van der Waals surface area contributed by atoms with E-state index in [9.17, 15) is 10.1 Å². The summed E-state index contributed by atoms with van der Waals surface area (Å²) < 4.78 is 3.30. The maximum absolute atomic E-state index is 13.0. The number of nitriles is 1. The lowest BCUT2D eigenvalue weighted by Crippen LogP contribution is -2.57. The Kier molecular flexibility index (Phi) is 6.17. The highest BCUT2D eigenvalue weighted by molar-refractivity contribution is 8.03. The Bertz CT molecular complexity index is 1240. The second-order valence-electron chi connectivity index (χ2n) is 10.7. The Labute approximate surface area is 217 Å². The van der Waals surface area contributed by atoms with Gasteiger partial charge in [0, 0.05) is 42.7 Å². The molecule has 4 aliphatic rings. The molecule has 4 fully saturated rings. The van der Waals surface area contributed by atoms with Gasteiger partial charge in [-0.3, -0.25) is 4.79 Å². The molecule has 6 nitrogen and oxygen atoms in total. The van der Waals surface area contributed by atoms with Gasteiger partial charge in [0.05, 0.1) is 17.3 Å². The molecule has 6 rings (SSSR count). The fourth-order valence-corrected chi connectivity index (χ4v) is 6.01. The molecular weight excluding hydrogens is 466 g/mol. The fourth-order valence-electron chi connectivity index (χ4n) is 5.66. The van der Waals surface area contributed by atoms with E-state index in [4.69, 9.17) is 4.98 Å². The summed E-state index contributed by atoms with van der Waals surface area (Å²) in [6, 6.07) is 11.1. The lowest BCUT2D eigenvalue weighted by molar-refractivity contribution is -0.135. The van der Waals surface area contributed by atoms with Crippen molar-refractivity contribution in [1.29, 1.82) is 5.26 Å². The van der Waals surface area contributed by atoms with Crippen molar-refractivity contribution in [3.05, 3.63) is 53.1 Å². The summed E-state index contributed by atoms with van der Waals surface area (Å²) in [5, 5.41) is 12.1. The maximum atomic E-state index is 13.0. The molecule has 1 atom stereocenters. The number of hydrogen-bond donors (Lipinski definition) is 1. The van der Waals surface area contributed by atoms with Gasteiger partial charge in [-0.25, -0.2) is 4.98 Å². The number of benzene rings is 1. The third kappa shape index (κ3) is 4.48. The zero-order valence-corrected chi connectivity index (χ0v) is 21.7. The minimum atomic E-state index is 0.245. The molecule has 3 aliphatic carbocycles. The molecule has 36 heavy (non-hydrogen) atoms. The van der Waals surface area contributed by atoms with Gasteiger partial charge in [-0.1, -0.05) is 18.7 Å². The van der Waals surface area contributed by atoms with Gasteiger partial charge in [0.2, 0.25) is 5.91 Å². The predicted octanol–water partition coefficient (Wildman–Crippen LogP) is 5.85. The van der Waals surface area contributed by atoms with Crippen LogP contribution in [-0.2, 0) is 4.79 Å². The second kappa shape index (κ2) is 9.48. The molecule has 186 valence electrons. The van der Waals surface area contributed by atoms with Crippen LogP contribution in [0.2, 0.25) is 0 Å². The smallest absolute Gasteiger partial charge is 0.226 e. The number of anilines is 2. The van der Waals surface area contributed by atoms with E-state index in [0.717, 1.165) is 79.2 Å². The Morgan fingerprint density at radius 2 is 2.03 bits per heavy atom. The van der Waals surface area contributed by atoms with Gasteiger partial charge in [-0.15, -0.1) is 0 Å². The first-order valence-electron chi connectivity index (χ1n) is 13.2. The number of piperazine rings is 1. The SMILES string of the molecule is C=CSNc1cccc(-c2c(C3CC3)nc(N3CCN(C(=O)C4CC4)C(C4CC4)C3)c(C#N)c2C)c1. The van der Waals surface area contributed by atoms with Crippen molar-refractivity contribution in [3.63, 3.8) is 0 Å².